The standard InChI is InChI=1S/C18H23NO4/c20-15(19-12-10-18(23,11-13-19)16(21)22)17(8-4-5-9-17)14-6-2-1-3-7-14/h1-3,6-7,23H,4-5,8-13H2,(H,21,22). The number of carbonyl (C=O) groups excluding carboxylic acids is 1. The van der Waals surface area contributed by atoms with E-state index in [0.29, 0.717) is 13.1 Å². The number of carboxylic acids is 1. The van der Waals surface area contributed by atoms with Gasteiger partial charge in [0.25, 0.3) is 0 Å². The van der Waals surface area contributed by atoms with Crippen molar-refractivity contribution in [1.29, 1.82) is 0 Å². The van der Waals surface area contributed by atoms with Crippen LogP contribution in [0.3, 0.4) is 0 Å². The van der Waals surface area contributed by atoms with Crippen LogP contribution in [0, 0.1) is 0 Å². The summed E-state index contributed by atoms with van der Waals surface area (Å²) in [6, 6.07) is 9.90. The number of hydrogen-bond donors (Lipinski definition) is 2. The van der Waals surface area contributed by atoms with Crippen LogP contribution in [0.4, 0.5) is 0 Å². The van der Waals surface area contributed by atoms with Crippen LogP contribution in [0.1, 0.15) is 44.1 Å². The average Bonchev–Trinajstić information content (AvgIpc) is 3.06. The van der Waals surface area contributed by atoms with E-state index in [1.54, 1.807) is 4.90 Å². The molecule has 3 rings (SSSR count). The van der Waals surface area contributed by atoms with Crippen LogP contribution in [0.5, 0.6) is 0 Å². The van der Waals surface area contributed by atoms with Crippen LogP contribution in [-0.2, 0) is 15.0 Å². The van der Waals surface area contributed by atoms with Gasteiger partial charge in [0.2, 0.25) is 5.91 Å². The Bertz CT molecular complexity index is 584. The fourth-order valence-corrected chi connectivity index (χ4v) is 3.96. The number of carboxylic acid groups (broad SMARTS) is 1. The average molecular weight is 317 g/mol. The lowest BCUT2D eigenvalue weighted by Gasteiger charge is -2.40. The van der Waals surface area contributed by atoms with Crippen molar-refractivity contribution in [3.8, 4) is 0 Å². The number of hydrogen-bond acceptors (Lipinski definition) is 3. The predicted octanol–water partition coefficient (Wildman–Crippen LogP) is 1.94. The minimum Gasteiger partial charge on any atom is -0.479 e. The van der Waals surface area contributed by atoms with Gasteiger partial charge in [0.05, 0.1) is 5.41 Å². The first-order valence-corrected chi connectivity index (χ1v) is 8.29. The molecule has 2 aliphatic rings. The highest BCUT2D eigenvalue weighted by Crippen LogP contribution is 2.43. The molecule has 1 aromatic carbocycles. The minimum atomic E-state index is -1.69. The molecule has 0 atom stereocenters. The topological polar surface area (TPSA) is 77.8 Å². The number of aliphatic carboxylic acids is 1. The summed E-state index contributed by atoms with van der Waals surface area (Å²) in [4.78, 5) is 26.1. The molecular weight excluding hydrogens is 294 g/mol. The fourth-order valence-electron chi connectivity index (χ4n) is 3.96. The first-order chi connectivity index (χ1) is 11.0. The molecule has 5 heteroatoms. The van der Waals surface area contributed by atoms with Gasteiger partial charge < -0.3 is 15.1 Å². The summed E-state index contributed by atoms with van der Waals surface area (Å²) < 4.78 is 0. The van der Waals surface area contributed by atoms with Gasteiger partial charge in [-0.05, 0) is 18.4 Å². The van der Waals surface area contributed by atoms with E-state index < -0.39 is 17.0 Å². The molecule has 0 aromatic heterocycles. The molecule has 5 nitrogen and oxygen atoms in total. The molecule has 1 saturated heterocycles. The van der Waals surface area contributed by atoms with Gasteiger partial charge in [0.15, 0.2) is 5.60 Å². The quantitative estimate of drug-likeness (QED) is 0.893. The Morgan fingerprint density at radius 1 is 0.957 bits per heavy atom. The smallest absolute Gasteiger partial charge is 0.335 e. The molecule has 1 aliphatic carbocycles. The van der Waals surface area contributed by atoms with E-state index in [4.69, 9.17) is 5.11 Å². The van der Waals surface area contributed by atoms with E-state index in [1.807, 2.05) is 30.3 Å². The zero-order valence-electron chi connectivity index (χ0n) is 13.2. The molecule has 1 amide bonds. The van der Waals surface area contributed by atoms with E-state index in [1.165, 1.54) is 0 Å². The normalized spacial score (nSPS) is 22.7. The van der Waals surface area contributed by atoms with E-state index >= 15 is 0 Å². The SMILES string of the molecule is O=C(O)C1(O)CCN(C(=O)C2(c3ccccc3)CCCC2)CC1. The number of benzene rings is 1. The molecule has 23 heavy (non-hydrogen) atoms. The molecule has 2 N–H and O–H groups in total. The minimum absolute atomic E-state index is 0.0913. The summed E-state index contributed by atoms with van der Waals surface area (Å²) in [6.45, 7) is 0.604. The second-order valence-corrected chi connectivity index (χ2v) is 6.78. The number of carbonyl (C=O) groups is 2. The van der Waals surface area contributed by atoms with Crippen LogP contribution in [0.15, 0.2) is 30.3 Å². The Labute approximate surface area is 135 Å². The van der Waals surface area contributed by atoms with Crippen molar-refractivity contribution in [3.63, 3.8) is 0 Å². The van der Waals surface area contributed by atoms with Gasteiger partial charge in [0.1, 0.15) is 0 Å². The third kappa shape index (κ3) is 2.74. The second kappa shape index (κ2) is 5.96. The Hall–Kier alpha value is -1.88. The van der Waals surface area contributed by atoms with Gasteiger partial charge in [-0.3, -0.25) is 4.79 Å². The molecular formula is C18H23NO4. The Kier molecular flexibility index (Phi) is 4.15. The molecule has 0 spiro atoms. The maximum Gasteiger partial charge on any atom is 0.335 e. The molecule has 124 valence electrons. The number of aliphatic hydroxyl groups is 1. The third-order valence-corrected chi connectivity index (χ3v) is 5.47. The van der Waals surface area contributed by atoms with Crippen LogP contribution in [0.25, 0.3) is 0 Å². The summed E-state index contributed by atoms with van der Waals surface area (Å²) in [6.07, 6.45) is 3.95. The van der Waals surface area contributed by atoms with Gasteiger partial charge in [-0.15, -0.1) is 0 Å². The second-order valence-electron chi connectivity index (χ2n) is 6.78. The molecule has 0 unspecified atom stereocenters. The van der Waals surface area contributed by atoms with E-state index in [-0.39, 0.29) is 18.7 Å². The lowest BCUT2D eigenvalue weighted by molar-refractivity contribution is -0.166. The number of nitrogens with zero attached hydrogens (tertiary/aromatic N) is 1. The molecule has 1 saturated carbocycles. The molecule has 0 radical (unpaired) electrons. The summed E-state index contributed by atoms with van der Waals surface area (Å²) in [7, 11) is 0. The van der Waals surface area contributed by atoms with Gasteiger partial charge in [0, 0.05) is 25.9 Å². The molecule has 1 aliphatic heterocycles. The molecule has 1 aromatic rings. The zero-order valence-corrected chi connectivity index (χ0v) is 13.2. The maximum atomic E-state index is 13.2. The van der Waals surface area contributed by atoms with Crippen molar-refractivity contribution >= 4 is 11.9 Å². The van der Waals surface area contributed by atoms with Gasteiger partial charge in [-0.25, -0.2) is 4.79 Å². The molecule has 0 bridgehead atoms. The van der Waals surface area contributed by atoms with Crippen molar-refractivity contribution in [1.82, 2.24) is 4.90 Å². The van der Waals surface area contributed by atoms with Crippen LogP contribution in [0.2, 0.25) is 0 Å². The van der Waals surface area contributed by atoms with Crippen molar-refractivity contribution in [2.75, 3.05) is 13.1 Å². The van der Waals surface area contributed by atoms with Crippen molar-refractivity contribution in [3.05, 3.63) is 35.9 Å². The van der Waals surface area contributed by atoms with E-state index in [2.05, 4.69) is 0 Å². The monoisotopic (exact) mass is 317 g/mol. The first kappa shape index (κ1) is 16.0. The number of piperidine rings is 1. The van der Waals surface area contributed by atoms with Gasteiger partial charge in [-0.2, -0.15) is 0 Å². The molecule has 2 fully saturated rings. The number of amides is 1. The number of likely N-dealkylation sites (tertiary alicyclic amines) is 1. The highest BCUT2D eigenvalue weighted by molar-refractivity contribution is 5.89. The van der Waals surface area contributed by atoms with Crippen LogP contribution < -0.4 is 0 Å². The Morgan fingerprint density at radius 2 is 1.52 bits per heavy atom. The summed E-state index contributed by atoms with van der Waals surface area (Å²) in [5.74, 6) is -1.10. The van der Waals surface area contributed by atoms with Gasteiger partial charge in [-0.1, -0.05) is 43.2 Å². The summed E-state index contributed by atoms with van der Waals surface area (Å²) >= 11 is 0. The maximum absolute atomic E-state index is 13.2. The number of rotatable bonds is 3. The molecule has 1 heterocycles. The van der Waals surface area contributed by atoms with Crippen LogP contribution >= 0.6 is 0 Å². The third-order valence-electron chi connectivity index (χ3n) is 5.47. The van der Waals surface area contributed by atoms with Crippen molar-refractivity contribution < 1.29 is 19.8 Å². The Morgan fingerprint density at radius 3 is 2.04 bits per heavy atom. The lowest BCUT2D eigenvalue weighted by Crippen LogP contribution is -2.54. The van der Waals surface area contributed by atoms with E-state index in [9.17, 15) is 14.7 Å². The van der Waals surface area contributed by atoms with Crippen LogP contribution in [-0.4, -0.2) is 45.7 Å². The highest BCUT2D eigenvalue weighted by Gasteiger charge is 2.47. The van der Waals surface area contributed by atoms with Crippen molar-refractivity contribution in [2.24, 2.45) is 0 Å². The van der Waals surface area contributed by atoms with Gasteiger partial charge >= 0.3 is 5.97 Å². The summed E-state index contributed by atoms with van der Waals surface area (Å²) in [5.41, 5.74) is -1.10. The lowest BCUT2D eigenvalue weighted by atomic mass is 9.77. The predicted molar refractivity (Wildman–Crippen MR) is 85.0 cm³/mol. The van der Waals surface area contributed by atoms with Crippen molar-refractivity contribution in [2.45, 2.75) is 49.5 Å². The highest BCUT2D eigenvalue weighted by atomic mass is 16.4. The zero-order chi connectivity index (χ0) is 16.5. The Balaban J connectivity index is 1.80. The first-order valence-electron chi connectivity index (χ1n) is 8.29. The largest absolute Gasteiger partial charge is 0.479 e. The fraction of sp³-hybridized carbons (Fsp3) is 0.556. The van der Waals surface area contributed by atoms with E-state index in [0.717, 1.165) is 31.2 Å². The summed E-state index contributed by atoms with van der Waals surface area (Å²) in [5, 5.41) is 19.2.